The van der Waals surface area contributed by atoms with Crippen LogP contribution in [0.2, 0.25) is 0 Å². The molecule has 0 saturated heterocycles. The number of aliphatic carboxylic acids is 1. The summed E-state index contributed by atoms with van der Waals surface area (Å²) in [5.41, 5.74) is -7.06. The molecule has 4 fully saturated rings. The Hall–Kier alpha value is -2.09. The monoisotopic (exact) mass is 506 g/mol. The van der Waals surface area contributed by atoms with Crippen molar-refractivity contribution in [3.8, 4) is 0 Å². The third kappa shape index (κ3) is 3.12. The molecular formula is C28H36F2O6. The molecule has 9 atom stereocenters. The van der Waals surface area contributed by atoms with Gasteiger partial charge < -0.3 is 14.9 Å². The fourth-order valence-corrected chi connectivity index (χ4v) is 8.91. The largest absolute Gasteiger partial charge is 0.478 e. The van der Waals surface area contributed by atoms with E-state index in [0.717, 1.165) is 31.8 Å². The van der Waals surface area contributed by atoms with E-state index in [1.54, 1.807) is 13.8 Å². The third-order valence-corrected chi connectivity index (χ3v) is 10.7. The quantitative estimate of drug-likeness (QED) is 0.545. The predicted octanol–water partition coefficient (Wildman–Crippen LogP) is 4.50. The number of carbonyl (C=O) groups excluding carboxylic acids is 2. The van der Waals surface area contributed by atoms with Crippen LogP contribution in [-0.2, 0) is 19.1 Å². The number of hydrogen-bond acceptors (Lipinski definition) is 5. The van der Waals surface area contributed by atoms with E-state index in [4.69, 9.17) is 4.74 Å². The Morgan fingerprint density at radius 2 is 1.83 bits per heavy atom. The standard InChI is InChI=1S/C28H36F2O6/c1-15-10-18-19-13-21(29)20-12-17(31)8-9-25(20,2)27(19,30)22(32)14-26(18,3)28(15,24(34)35)36-23(33)11-16-6-4-5-7-16/h8-9,12,15-16,18-19,21-22,32H,4-7,10-11,13-14H2,1-3H3,(H,34,35)/t15-,18+,19+,21+,22+,25+,26+,27+,28+/m1/s1. The topological polar surface area (TPSA) is 101 Å². The van der Waals surface area contributed by atoms with E-state index in [0.29, 0.717) is 0 Å². The van der Waals surface area contributed by atoms with E-state index < -0.39 is 69.9 Å². The molecule has 6 nitrogen and oxygen atoms in total. The van der Waals surface area contributed by atoms with Crippen LogP contribution in [0.5, 0.6) is 0 Å². The van der Waals surface area contributed by atoms with Crippen molar-refractivity contribution < 1.29 is 38.1 Å². The summed E-state index contributed by atoms with van der Waals surface area (Å²) >= 11 is 0. The second-order valence-electron chi connectivity index (χ2n) is 12.4. The number of ketones is 1. The summed E-state index contributed by atoms with van der Waals surface area (Å²) in [5.74, 6) is -4.45. The summed E-state index contributed by atoms with van der Waals surface area (Å²) in [5, 5.41) is 21.9. The highest BCUT2D eigenvalue weighted by molar-refractivity contribution is 6.01. The molecule has 0 spiro atoms. The maximum atomic E-state index is 17.3. The number of carbonyl (C=O) groups is 3. The first kappa shape index (κ1) is 25.6. The smallest absolute Gasteiger partial charge is 0.349 e. The lowest BCUT2D eigenvalue weighted by molar-refractivity contribution is -0.237. The van der Waals surface area contributed by atoms with Crippen LogP contribution >= 0.6 is 0 Å². The molecule has 5 aliphatic carbocycles. The highest BCUT2D eigenvalue weighted by Gasteiger charge is 2.78. The van der Waals surface area contributed by atoms with Gasteiger partial charge in [0.15, 0.2) is 11.5 Å². The molecule has 0 unspecified atom stereocenters. The molecule has 198 valence electrons. The molecular weight excluding hydrogens is 470 g/mol. The molecule has 4 saturated carbocycles. The van der Waals surface area contributed by atoms with Crippen molar-refractivity contribution in [2.24, 2.45) is 34.5 Å². The minimum absolute atomic E-state index is 0.0231. The first-order valence-corrected chi connectivity index (χ1v) is 13.2. The zero-order chi connectivity index (χ0) is 26.3. The number of alkyl halides is 2. The second kappa shape index (κ2) is 8.20. The predicted molar refractivity (Wildman–Crippen MR) is 126 cm³/mol. The molecule has 8 heteroatoms. The Kier molecular flexibility index (Phi) is 5.82. The number of hydrogen-bond donors (Lipinski definition) is 2. The van der Waals surface area contributed by atoms with E-state index >= 15 is 8.78 Å². The van der Waals surface area contributed by atoms with E-state index in [1.807, 2.05) is 0 Å². The number of allylic oxidation sites excluding steroid dienone is 4. The van der Waals surface area contributed by atoms with Gasteiger partial charge in [0.1, 0.15) is 6.17 Å². The highest BCUT2D eigenvalue weighted by Crippen LogP contribution is 2.71. The summed E-state index contributed by atoms with van der Waals surface area (Å²) in [6.07, 6.45) is 4.18. The number of aliphatic hydroxyl groups is 1. The van der Waals surface area contributed by atoms with Crippen molar-refractivity contribution in [3.05, 3.63) is 23.8 Å². The van der Waals surface area contributed by atoms with Crippen LogP contribution in [0.4, 0.5) is 8.78 Å². The summed E-state index contributed by atoms with van der Waals surface area (Å²) in [6, 6.07) is 0. The summed E-state index contributed by atoms with van der Waals surface area (Å²) in [7, 11) is 0. The number of aliphatic hydroxyl groups excluding tert-OH is 1. The molecule has 0 aliphatic heterocycles. The van der Waals surface area contributed by atoms with E-state index in [9.17, 15) is 24.6 Å². The van der Waals surface area contributed by atoms with Crippen molar-refractivity contribution in [1.29, 1.82) is 0 Å². The number of ether oxygens (including phenoxy) is 1. The van der Waals surface area contributed by atoms with Gasteiger partial charge in [-0.1, -0.05) is 32.8 Å². The molecule has 0 radical (unpaired) electrons. The van der Waals surface area contributed by atoms with E-state index in [-0.39, 0.29) is 37.2 Å². The van der Waals surface area contributed by atoms with Crippen LogP contribution in [0, 0.1) is 34.5 Å². The molecule has 0 bridgehead atoms. The van der Waals surface area contributed by atoms with Crippen molar-refractivity contribution in [3.63, 3.8) is 0 Å². The lowest BCUT2D eigenvalue weighted by Crippen LogP contribution is -2.71. The molecule has 0 heterocycles. The fourth-order valence-electron chi connectivity index (χ4n) is 8.91. The number of carboxylic acids is 1. The van der Waals surface area contributed by atoms with Gasteiger partial charge in [0.25, 0.3) is 0 Å². The van der Waals surface area contributed by atoms with Gasteiger partial charge in [-0.05, 0) is 68.6 Å². The van der Waals surface area contributed by atoms with Crippen molar-refractivity contribution in [2.45, 2.75) is 95.7 Å². The summed E-state index contributed by atoms with van der Waals surface area (Å²) in [6.45, 7) is 4.85. The van der Waals surface area contributed by atoms with Gasteiger partial charge in [-0.25, -0.2) is 13.6 Å². The minimum atomic E-state index is -2.30. The molecule has 0 aromatic rings. The first-order valence-electron chi connectivity index (χ1n) is 13.2. The number of halogens is 2. The lowest BCUT2D eigenvalue weighted by atomic mass is 9.44. The van der Waals surface area contributed by atoms with E-state index in [1.165, 1.54) is 19.1 Å². The molecule has 2 N–H and O–H groups in total. The minimum Gasteiger partial charge on any atom is -0.478 e. The normalized spacial score (nSPS) is 48.1. The Bertz CT molecular complexity index is 1050. The molecule has 36 heavy (non-hydrogen) atoms. The average molecular weight is 507 g/mol. The first-order chi connectivity index (χ1) is 16.8. The van der Waals surface area contributed by atoms with Crippen LogP contribution in [0.3, 0.4) is 0 Å². The summed E-state index contributed by atoms with van der Waals surface area (Å²) in [4.78, 5) is 38.0. The van der Waals surface area contributed by atoms with E-state index in [2.05, 4.69) is 0 Å². The van der Waals surface area contributed by atoms with Crippen LogP contribution in [0.1, 0.15) is 72.1 Å². The zero-order valence-corrected chi connectivity index (χ0v) is 21.1. The van der Waals surface area contributed by atoms with Gasteiger partial charge in [-0.3, -0.25) is 9.59 Å². The molecule has 0 amide bonds. The Morgan fingerprint density at radius 1 is 1.17 bits per heavy atom. The molecule has 0 aromatic heterocycles. The second-order valence-corrected chi connectivity index (χ2v) is 12.4. The number of rotatable bonds is 4. The van der Waals surface area contributed by atoms with Crippen molar-refractivity contribution >= 4 is 17.7 Å². The molecule has 0 aromatic carbocycles. The van der Waals surface area contributed by atoms with Gasteiger partial charge in [0.2, 0.25) is 5.60 Å². The van der Waals surface area contributed by atoms with Crippen LogP contribution in [0.25, 0.3) is 0 Å². The van der Waals surface area contributed by atoms with Gasteiger partial charge in [-0.15, -0.1) is 0 Å². The fraction of sp³-hybridized carbons (Fsp3) is 0.750. The number of fused-ring (bicyclic) bond motifs is 5. The molecule has 5 aliphatic rings. The Balaban J connectivity index is 1.55. The zero-order valence-electron chi connectivity index (χ0n) is 21.1. The van der Waals surface area contributed by atoms with Crippen LogP contribution in [0.15, 0.2) is 23.8 Å². The van der Waals surface area contributed by atoms with Crippen molar-refractivity contribution in [2.75, 3.05) is 0 Å². The Morgan fingerprint density at radius 3 is 2.47 bits per heavy atom. The van der Waals surface area contributed by atoms with Gasteiger partial charge in [0, 0.05) is 29.1 Å². The van der Waals surface area contributed by atoms with Crippen LogP contribution in [-0.4, -0.2) is 51.5 Å². The van der Waals surface area contributed by atoms with Crippen LogP contribution < -0.4 is 0 Å². The maximum Gasteiger partial charge on any atom is 0.349 e. The average Bonchev–Trinajstić information content (AvgIpc) is 3.38. The Labute approximate surface area is 210 Å². The van der Waals surface area contributed by atoms with Crippen molar-refractivity contribution in [1.82, 2.24) is 0 Å². The SMILES string of the molecule is C[C@@H]1C[C@H]2[C@@H]3C[C@H](F)C4=CC(=O)C=C[C@]4(C)[C@@]3(F)[C@@H](O)C[C@]2(C)[C@@]1(OC(=O)CC1CCCC1)C(=O)O. The number of esters is 1. The number of carboxylic acid groups (broad SMARTS) is 1. The lowest BCUT2D eigenvalue weighted by Gasteiger charge is -2.62. The third-order valence-electron chi connectivity index (χ3n) is 10.7. The molecule has 5 rings (SSSR count). The summed E-state index contributed by atoms with van der Waals surface area (Å²) < 4.78 is 38.8. The maximum absolute atomic E-state index is 17.3. The van der Waals surface area contributed by atoms with Gasteiger partial charge in [-0.2, -0.15) is 0 Å². The van der Waals surface area contributed by atoms with Gasteiger partial charge >= 0.3 is 11.9 Å². The highest BCUT2D eigenvalue weighted by atomic mass is 19.1. The van der Waals surface area contributed by atoms with Gasteiger partial charge in [0.05, 0.1) is 6.10 Å².